The average Bonchev–Trinajstić information content (AvgIpc) is 2.86. The summed E-state index contributed by atoms with van der Waals surface area (Å²) in [5, 5.41) is 3.26. The second-order valence-corrected chi connectivity index (χ2v) is 6.05. The summed E-state index contributed by atoms with van der Waals surface area (Å²) in [5.74, 6) is 0.0284. The van der Waals surface area contributed by atoms with E-state index in [0.717, 1.165) is 37.0 Å². The van der Waals surface area contributed by atoms with Gasteiger partial charge in [0.05, 0.1) is 11.0 Å². The number of piperidine rings is 1. The highest BCUT2D eigenvalue weighted by molar-refractivity contribution is 5.81. The Morgan fingerprint density at radius 3 is 2.35 bits per heavy atom. The van der Waals surface area contributed by atoms with Crippen molar-refractivity contribution in [1.82, 2.24) is 19.4 Å². The highest BCUT2D eigenvalue weighted by Gasteiger charge is 2.23. The molecule has 1 N–H and O–H groups in total. The number of aromatic nitrogens is 2. The van der Waals surface area contributed by atoms with Gasteiger partial charge in [0.2, 0.25) is 5.91 Å². The van der Waals surface area contributed by atoms with E-state index in [1.165, 1.54) is 0 Å². The number of nitrogens with one attached hydrogen (secondary N) is 1. The number of hydrogen-bond acceptors (Lipinski definition) is 3. The van der Waals surface area contributed by atoms with E-state index in [2.05, 4.69) is 5.32 Å². The van der Waals surface area contributed by atoms with E-state index >= 15 is 0 Å². The van der Waals surface area contributed by atoms with E-state index in [0.29, 0.717) is 12.6 Å². The molecule has 1 aromatic carbocycles. The molecule has 0 radical (unpaired) electrons. The van der Waals surface area contributed by atoms with E-state index in [-0.39, 0.29) is 18.1 Å². The summed E-state index contributed by atoms with van der Waals surface area (Å²) in [6, 6.07) is 8.15. The minimum atomic E-state index is -0.104. The molecule has 0 bridgehead atoms. The van der Waals surface area contributed by atoms with Crippen LogP contribution in [0.3, 0.4) is 0 Å². The van der Waals surface area contributed by atoms with Crippen molar-refractivity contribution in [3.63, 3.8) is 0 Å². The van der Waals surface area contributed by atoms with E-state index < -0.39 is 0 Å². The van der Waals surface area contributed by atoms with E-state index in [4.69, 9.17) is 0 Å². The molecule has 3 rings (SSSR count). The van der Waals surface area contributed by atoms with Crippen LogP contribution in [0.5, 0.6) is 0 Å². The smallest absolute Gasteiger partial charge is 0.329 e. The summed E-state index contributed by atoms with van der Waals surface area (Å²) in [7, 11) is 1.96. The Morgan fingerprint density at radius 1 is 1.17 bits per heavy atom. The molecule has 2 heterocycles. The SMILES string of the molecule is CCn1c(=O)n(CC(=O)N2CCC(NC)CC2)c2ccccc21. The van der Waals surface area contributed by atoms with Gasteiger partial charge < -0.3 is 10.2 Å². The molecule has 0 aliphatic carbocycles. The molecule has 23 heavy (non-hydrogen) atoms. The Kier molecular flexibility index (Phi) is 4.52. The third-order valence-electron chi connectivity index (χ3n) is 4.79. The first-order chi connectivity index (χ1) is 11.2. The first kappa shape index (κ1) is 15.8. The fourth-order valence-corrected chi connectivity index (χ4v) is 3.38. The summed E-state index contributed by atoms with van der Waals surface area (Å²) < 4.78 is 3.32. The predicted molar refractivity (Wildman–Crippen MR) is 90.5 cm³/mol. The zero-order valence-corrected chi connectivity index (χ0v) is 13.8. The lowest BCUT2D eigenvalue weighted by Crippen LogP contribution is -2.45. The first-order valence-electron chi connectivity index (χ1n) is 8.28. The molecule has 1 aliphatic heterocycles. The van der Waals surface area contributed by atoms with Gasteiger partial charge in [-0.1, -0.05) is 12.1 Å². The number of nitrogens with zero attached hydrogens (tertiary/aromatic N) is 3. The third kappa shape index (κ3) is 2.91. The standard InChI is InChI=1S/C17H24N4O2/c1-3-20-14-6-4-5-7-15(14)21(17(20)23)12-16(22)19-10-8-13(18-2)9-11-19/h4-7,13,18H,3,8-12H2,1-2H3. The number of fused-ring (bicyclic) bond motifs is 1. The summed E-state index contributed by atoms with van der Waals surface area (Å²) in [6.45, 7) is 4.18. The largest absolute Gasteiger partial charge is 0.341 e. The van der Waals surface area contributed by atoms with Crippen LogP contribution in [0.25, 0.3) is 11.0 Å². The maximum atomic E-state index is 12.6. The minimum absolute atomic E-state index is 0.0284. The lowest BCUT2D eigenvalue weighted by atomic mass is 10.1. The number of carbonyl (C=O) groups is 1. The van der Waals surface area contributed by atoms with Gasteiger partial charge in [-0.2, -0.15) is 0 Å². The van der Waals surface area contributed by atoms with E-state index in [1.54, 1.807) is 9.13 Å². The van der Waals surface area contributed by atoms with E-state index in [1.807, 2.05) is 43.1 Å². The third-order valence-corrected chi connectivity index (χ3v) is 4.79. The Hall–Kier alpha value is -2.08. The van der Waals surface area contributed by atoms with Crippen molar-refractivity contribution >= 4 is 16.9 Å². The monoisotopic (exact) mass is 316 g/mol. The summed E-state index contributed by atoms with van der Waals surface area (Å²) in [5.41, 5.74) is 1.62. The highest BCUT2D eigenvalue weighted by atomic mass is 16.2. The molecule has 1 aliphatic rings. The van der Waals surface area contributed by atoms with Crippen molar-refractivity contribution in [3.8, 4) is 0 Å². The Bertz CT molecular complexity index is 754. The van der Waals surface area contributed by atoms with Gasteiger partial charge in [0, 0.05) is 25.7 Å². The van der Waals surface area contributed by atoms with Gasteiger partial charge in [0.1, 0.15) is 6.54 Å². The van der Waals surface area contributed by atoms with Crippen molar-refractivity contribution in [2.75, 3.05) is 20.1 Å². The Morgan fingerprint density at radius 2 is 1.78 bits per heavy atom. The summed E-state index contributed by atoms with van der Waals surface area (Å²) >= 11 is 0. The average molecular weight is 316 g/mol. The van der Waals surface area contributed by atoms with Crippen molar-refractivity contribution in [3.05, 3.63) is 34.7 Å². The number of likely N-dealkylation sites (tertiary alicyclic amines) is 1. The molecule has 1 saturated heterocycles. The fraction of sp³-hybridized carbons (Fsp3) is 0.529. The Labute approximate surface area is 135 Å². The topological polar surface area (TPSA) is 59.3 Å². The number of para-hydroxylation sites is 2. The molecular weight excluding hydrogens is 292 g/mol. The van der Waals surface area contributed by atoms with Gasteiger partial charge in [-0.05, 0) is 38.9 Å². The zero-order valence-electron chi connectivity index (χ0n) is 13.8. The van der Waals surface area contributed by atoms with Crippen LogP contribution in [0, 0.1) is 0 Å². The van der Waals surface area contributed by atoms with Crippen molar-refractivity contribution in [2.24, 2.45) is 0 Å². The van der Waals surface area contributed by atoms with Crippen LogP contribution in [0.1, 0.15) is 19.8 Å². The molecule has 0 saturated carbocycles. The number of hydrogen-bond donors (Lipinski definition) is 1. The number of benzene rings is 1. The van der Waals surface area contributed by atoms with Gasteiger partial charge in [-0.25, -0.2) is 4.79 Å². The number of carbonyl (C=O) groups excluding carboxylic acids is 1. The van der Waals surface area contributed by atoms with Crippen LogP contribution in [-0.2, 0) is 17.9 Å². The second-order valence-electron chi connectivity index (χ2n) is 6.05. The van der Waals surface area contributed by atoms with Crippen LogP contribution in [-0.4, -0.2) is 46.1 Å². The Balaban J connectivity index is 1.83. The van der Waals surface area contributed by atoms with Crippen molar-refractivity contribution < 1.29 is 4.79 Å². The second kappa shape index (κ2) is 6.58. The zero-order chi connectivity index (χ0) is 16.4. The quantitative estimate of drug-likeness (QED) is 0.917. The molecule has 6 nitrogen and oxygen atoms in total. The molecule has 1 amide bonds. The van der Waals surface area contributed by atoms with Crippen LogP contribution < -0.4 is 11.0 Å². The first-order valence-corrected chi connectivity index (χ1v) is 8.28. The van der Waals surface area contributed by atoms with Crippen LogP contribution >= 0.6 is 0 Å². The molecular formula is C17H24N4O2. The van der Waals surface area contributed by atoms with Gasteiger partial charge in [-0.15, -0.1) is 0 Å². The maximum Gasteiger partial charge on any atom is 0.329 e. The van der Waals surface area contributed by atoms with Gasteiger partial charge in [-0.3, -0.25) is 13.9 Å². The fourth-order valence-electron chi connectivity index (χ4n) is 3.38. The molecule has 2 aromatic rings. The van der Waals surface area contributed by atoms with Crippen molar-refractivity contribution in [2.45, 2.75) is 38.9 Å². The van der Waals surface area contributed by atoms with Crippen LogP contribution in [0.15, 0.2) is 29.1 Å². The summed E-state index contributed by atoms with van der Waals surface area (Å²) in [6.07, 6.45) is 1.93. The molecule has 124 valence electrons. The molecule has 0 atom stereocenters. The van der Waals surface area contributed by atoms with Gasteiger partial charge >= 0.3 is 5.69 Å². The number of rotatable bonds is 4. The minimum Gasteiger partial charge on any atom is -0.341 e. The number of amides is 1. The van der Waals surface area contributed by atoms with Crippen LogP contribution in [0.4, 0.5) is 0 Å². The molecule has 0 spiro atoms. The van der Waals surface area contributed by atoms with Gasteiger partial charge in [0.25, 0.3) is 0 Å². The van der Waals surface area contributed by atoms with Gasteiger partial charge in [0.15, 0.2) is 0 Å². The molecule has 0 unspecified atom stereocenters. The predicted octanol–water partition coefficient (Wildman–Crippen LogP) is 1.03. The number of imidazole rings is 1. The lowest BCUT2D eigenvalue weighted by Gasteiger charge is -2.31. The van der Waals surface area contributed by atoms with Crippen LogP contribution in [0.2, 0.25) is 0 Å². The summed E-state index contributed by atoms with van der Waals surface area (Å²) in [4.78, 5) is 27.0. The molecule has 6 heteroatoms. The highest BCUT2D eigenvalue weighted by Crippen LogP contribution is 2.14. The lowest BCUT2D eigenvalue weighted by molar-refractivity contribution is -0.132. The molecule has 1 fully saturated rings. The maximum absolute atomic E-state index is 12.6. The van der Waals surface area contributed by atoms with E-state index in [9.17, 15) is 9.59 Å². The normalized spacial score (nSPS) is 16.2. The molecule has 1 aromatic heterocycles. The number of aryl methyl sites for hydroxylation is 1. The van der Waals surface area contributed by atoms with Crippen molar-refractivity contribution in [1.29, 1.82) is 0 Å².